The molecule has 21 heavy (non-hydrogen) atoms. The van der Waals surface area contributed by atoms with Gasteiger partial charge in [-0.2, -0.15) is 0 Å². The fourth-order valence-electron chi connectivity index (χ4n) is 4.86. The summed E-state index contributed by atoms with van der Waals surface area (Å²) in [7, 11) is 0. The zero-order valence-electron chi connectivity index (χ0n) is 12.7. The number of fused-ring (bicyclic) bond motifs is 3. The van der Waals surface area contributed by atoms with Crippen molar-refractivity contribution in [1.29, 1.82) is 0 Å². The molecule has 4 unspecified atom stereocenters. The van der Waals surface area contributed by atoms with Gasteiger partial charge in [0, 0.05) is 0 Å². The van der Waals surface area contributed by atoms with Crippen LogP contribution in [0, 0.1) is 11.8 Å². The monoisotopic (exact) mass is 274 g/mol. The summed E-state index contributed by atoms with van der Waals surface area (Å²) in [4.78, 5) is 0. The molecule has 4 atom stereocenters. The van der Waals surface area contributed by atoms with E-state index in [1.807, 2.05) is 0 Å². The van der Waals surface area contributed by atoms with Crippen LogP contribution in [0.4, 0.5) is 0 Å². The molecule has 0 radical (unpaired) electrons. The first-order chi connectivity index (χ1) is 10.3. The first-order valence-corrected chi connectivity index (χ1v) is 8.09. The molecule has 4 rings (SSSR count). The Labute approximate surface area is 127 Å². The van der Waals surface area contributed by atoms with Gasteiger partial charge in [-0.1, -0.05) is 49.4 Å². The summed E-state index contributed by atoms with van der Waals surface area (Å²) in [5.41, 5.74) is 4.58. The molecule has 2 aliphatic carbocycles. The Morgan fingerprint density at radius 2 is 1.67 bits per heavy atom. The minimum atomic E-state index is 0.584. The van der Waals surface area contributed by atoms with Gasteiger partial charge in [0.25, 0.3) is 0 Å². The maximum absolute atomic E-state index is 4.10. The molecular formula is C21H22. The number of aryl methyl sites for hydroxylation is 1. The van der Waals surface area contributed by atoms with Crippen LogP contribution in [0.15, 0.2) is 55.6 Å². The highest BCUT2D eigenvalue weighted by Gasteiger charge is 2.47. The van der Waals surface area contributed by atoms with Crippen LogP contribution in [0.5, 0.6) is 0 Å². The summed E-state index contributed by atoms with van der Waals surface area (Å²) < 4.78 is 0. The molecule has 0 spiro atoms. The Kier molecular flexibility index (Phi) is 2.82. The molecule has 0 heteroatoms. The molecule has 2 aromatic carbocycles. The maximum Gasteiger partial charge on any atom is -0.00179 e. The fraction of sp³-hybridized carbons (Fsp3) is 0.333. The minimum Gasteiger partial charge on any atom is -0.103 e. The Bertz CT molecular complexity index is 711. The summed E-state index contributed by atoms with van der Waals surface area (Å²) in [5, 5.41) is 3.00. The van der Waals surface area contributed by atoms with Gasteiger partial charge in [-0.3, -0.25) is 0 Å². The molecule has 0 saturated heterocycles. The number of hydrogen-bond donors (Lipinski definition) is 0. The highest BCUT2D eigenvalue weighted by atomic mass is 14.5. The van der Waals surface area contributed by atoms with E-state index in [4.69, 9.17) is 0 Å². The molecular weight excluding hydrogens is 252 g/mol. The molecule has 0 heterocycles. The van der Waals surface area contributed by atoms with E-state index in [2.05, 4.69) is 62.6 Å². The van der Waals surface area contributed by atoms with Crippen LogP contribution in [-0.2, 0) is 6.42 Å². The molecule has 0 amide bonds. The van der Waals surface area contributed by atoms with Crippen molar-refractivity contribution >= 4 is 10.8 Å². The lowest BCUT2D eigenvalue weighted by Crippen LogP contribution is -2.06. The number of hydrogen-bond acceptors (Lipinski definition) is 0. The van der Waals surface area contributed by atoms with Crippen LogP contribution >= 0.6 is 0 Å². The van der Waals surface area contributed by atoms with Crippen molar-refractivity contribution in [3.05, 3.63) is 72.3 Å². The number of allylic oxidation sites excluding steroid dienone is 2. The number of benzene rings is 2. The van der Waals surface area contributed by atoms with Gasteiger partial charge in [-0.05, 0) is 64.0 Å². The zero-order valence-corrected chi connectivity index (χ0v) is 12.7. The lowest BCUT2D eigenvalue weighted by atomic mass is 9.85. The zero-order chi connectivity index (χ0) is 14.6. The van der Waals surface area contributed by atoms with Crippen LogP contribution in [-0.4, -0.2) is 0 Å². The fourth-order valence-corrected chi connectivity index (χ4v) is 4.86. The second-order valence-electron chi connectivity index (χ2n) is 6.52. The SMILES string of the molecule is C=CC1CC(C=C)C2c3ccc(CC)c4cccc(c34)C12. The average Bonchev–Trinajstić information content (AvgIpc) is 3.06. The first-order valence-electron chi connectivity index (χ1n) is 8.09. The predicted octanol–water partition coefficient (Wildman–Crippen LogP) is 5.59. The van der Waals surface area contributed by atoms with Crippen molar-refractivity contribution in [2.45, 2.75) is 31.6 Å². The van der Waals surface area contributed by atoms with Gasteiger partial charge < -0.3 is 0 Å². The van der Waals surface area contributed by atoms with Crippen LogP contribution < -0.4 is 0 Å². The second kappa shape index (κ2) is 4.59. The van der Waals surface area contributed by atoms with Gasteiger partial charge >= 0.3 is 0 Å². The van der Waals surface area contributed by atoms with Crippen molar-refractivity contribution in [2.75, 3.05) is 0 Å². The van der Waals surface area contributed by atoms with Crippen molar-refractivity contribution in [3.8, 4) is 0 Å². The second-order valence-corrected chi connectivity index (χ2v) is 6.52. The Morgan fingerprint density at radius 1 is 1.00 bits per heavy atom. The van der Waals surface area contributed by atoms with Crippen molar-refractivity contribution in [3.63, 3.8) is 0 Å². The highest BCUT2D eigenvalue weighted by Crippen LogP contribution is 2.60. The van der Waals surface area contributed by atoms with Crippen molar-refractivity contribution < 1.29 is 0 Å². The van der Waals surface area contributed by atoms with E-state index in [0.29, 0.717) is 23.7 Å². The minimum absolute atomic E-state index is 0.584. The topological polar surface area (TPSA) is 0 Å². The third-order valence-electron chi connectivity index (χ3n) is 5.75. The lowest BCUT2D eigenvalue weighted by molar-refractivity contribution is 0.554. The van der Waals surface area contributed by atoms with Gasteiger partial charge in [0.15, 0.2) is 0 Å². The molecule has 0 aliphatic heterocycles. The lowest BCUT2D eigenvalue weighted by Gasteiger charge is -2.18. The summed E-state index contributed by atoms with van der Waals surface area (Å²) >= 11 is 0. The Morgan fingerprint density at radius 3 is 2.29 bits per heavy atom. The van der Waals surface area contributed by atoms with Gasteiger partial charge in [-0.15, -0.1) is 13.2 Å². The van der Waals surface area contributed by atoms with E-state index in [1.54, 1.807) is 11.1 Å². The molecule has 0 aromatic heterocycles. The van der Waals surface area contributed by atoms with Crippen LogP contribution in [0.3, 0.4) is 0 Å². The molecule has 0 N–H and O–H groups in total. The number of rotatable bonds is 3. The summed E-state index contributed by atoms with van der Waals surface area (Å²) in [6.45, 7) is 10.4. The van der Waals surface area contributed by atoms with E-state index in [9.17, 15) is 0 Å². The molecule has 1 saturated carbocycles. The van der Waals surface area contributed by atoms with Gasteiger partial charge in [0.1, 0.15) is 0 Å². The third-order valence-corrected chi connectivity index (χ3v) is 5.75. The molecule has 2 aromatic rings. The molecule has 106 valence electrons. The Balaban J connectivity index is 2.03. The maximum atomic E-state index is 4.10. The van der Waals surface area contributed by atoms with Gasteiger partial charge in [0.05, 0.1) is 0 Å². The van der Waals surface area contributed by atoms with E-state index >= 15 is 0 Å². The van der Waals surface area contributed by atoms with Crippen molar-refractivity contribution in [2.24, 2.45) is 11.8 Å². The Hall–Kier alpha value is -1.82. The molecule has 0 nitrogen and oxygen atoms in total. The van der Waals surface area contributed by atoms with Crippen LogP contribution in [0.1, 0.15) is 41.9 Å². The van der Waals surface area contributed by atoms with Crippen molar-refractivity contribution in [1.82, 2.24) is 0 Å². The first kappa shape index (κ1) is 12.9. The van der Waals surface area contributed by atoms with E-state index in [0.717, 1.165) is 6.42 Å². The summed E-state index contributed by atoms with van der Waals surface area (Å²) in [6.07, 6.45) is 6.65. The predicted molar refractivity (Wildman–Crippen MR) is 90.8 cm³/mol. The standard InChI is InChI=1S/C21H22/c1-4-13-10-11-18-20-15(6-3)12-14(5-2)19(20)17-9-7-8-16(13)21(17)18/h5-11,14-15,19-20H,2-4,12H2,1H3. The summed E-state index contributed by atoms with van der Waals surface area (Å²) in [5.74, 6) is 2.38. The van der Waals surface area contributed by atoms with Gasteiger partial charge in [0.2, 0.25) is 0 Å². The molecule has 0 bridgehead atoms. The summed E-state index contributed by atoms with van der Waals surface area (Å²) in [6, 6.07) is 11.6. The average molecular weight is 274 g/mol. The quantitative estimate of drug-likeness (QED) is 0.640. The third kappa shape index (κ3) is 1.56. The van der Waals surface area contributed by atoms with Crippen LogP contribution in [0.2, 0.25) is 0 Å². The largest absolute Gasteiger partial charge is 0.103 e. The van der Waals surface area contributed by atoms with E-state index < -0.39 is 0 Å². The van der Waals surface area contributed by atoms with Crippen LogP contribution in [0.25, 0.3) is 10.8 Å². The van der Waals surface area contributed by atoms with E-state index in [-0.39, 0.29) is 0 Å². The molecule has 2 aliphatic rings. The highest BCUT2D eigenvalue weighted by molar-refractivity contribution is 5.95. The van der Waals surface area contributed by atoms with Gasteiger partial charge in [-0.25, -0.2) is 0 Å². The molecule has 1 fully saturated rings. The normalized spacial score (nSPS) is 29.6. The van der Waals surface area contributed by atoms with E-state index in [1.165, 1.54) is 22.8 Å². The smallest absolute Gasteiger partial charge is 0.00179 e.